The van der Waals surface area contributed by atoms with Crippen molar-refractivity contribution in [3.05, 3.63) is 89.0 Å². The predicted octanol–water partition coefficient (Wildman–Crippen LogP) is 5.58. The first-order chi connectivity index (χ1) is 18.0. The average molecular weight is 514 g/mol. The van der Waals surface area contributed by atoms with Crippen molar-refractivity contribution in [1.29, 1.82) is 0 Å². The molecule has 0 saturated carbocycles. The minimum atomic E-state index is -0.791. The molecule has 1 N–H and O–H groups in total. The Bertz CT molecular complexity index is 1370. The lowest BCUT2D eigenvalue weighted by Crippen LogP contribution is -2.29. The molecule has 1 aliphatic rings. The molecule has 3 aromatic carbocycles. The molecule has 38 heavy (non-hydrogen) atoms. The molecule has 1 amide bonds. The van der Waals surface area contributed by atoms with Crippen molar-refractivity contribution in [2.75, 3.05) is 50.0 Å². The Balaban J connectivity index is 1.92. The van der Waals surface area contributed by atoms with E-state index in [-0.39, 0.29) is 17.3 Å². The maximum Gasteiger partial charge on any atom is 0.300 e. The third-order valence-electron chi connectivity index (χ3n) is 6.94. The summed E-state index contributed by atoms with van der Waals surface area (Å²) in [5.74, 6) is -0.772. The Kier molecular flexibility index (Phi) is 7.49. The molecular formula is C31H35N3O4. The van der Waals surface area contributed by atoms with Gasteiger partial charge in [-0.1, -0.05) is 26.0 Å². The largest absolute Gasteiger partial charge is 0.507 e. The van der Waals surface area contributed by atoms with Crippen LogP contribution in [0.3, 0.4) is 0 Å². The average Bonchev–Trinajstić information content (AvgIpc) is 3.17. The van der Waals surface area contributed by atoms with E-state index >= 15 is 0 Å². The van der Waals surface area contributed by atoms with Gasteiger partial charge in [0.2, 0.25) is 0 Å². The number of hydrogen-bond acceptors (Lipinski definition) is 6. The highest BCUT2D eigenvalue weighted by molar-refractivity contribution is 6.51. The first-order valence-corrected chi connectivity index (χ1v) is 12.6. The highest BCUT2D eigenvalue weighted by atomic mass is 16.5. The number of aliphatic hydroxyl groups is 1. The van der Waals surface area contributed by atoms with Gasteiger partial charge in [-0.2, -0.15) is 0 Å². The van der Waals surface area contributed by atoms with Crippen LogP contribution in [0.25, 0.3) is 5.76 Å². The number of benzene rings is 3. The molecule has 1 heterocycles. The second-order valence-electron chi connectivity index (χ2n) is 10.2. The summed E-state index contributed by atoms with van der Waals surface area (Å²) in [6, 6.07) is 19.7. The number of rotatable bonds is 7. The number of carbonyl (C=O) groups excluding carboxylic acids is 2. The summed E-state index contributed by atoms with van der Waals surface area (Å²) in [4.78, 5) is 32.4. The van der Waals surface area contributed by atoms with Crippen molar-refractivity contribution in [1.82, 2.24) is 0 Å². The Morgan fingerprint density at radius 3 is 1.92 bits per heavy atom. The highest BCUT2D eigenvalue weighted by Gasteiger charge is 2.47. The van der Waals surface area contributed by atoms with Gasteiger partial charge in [-0.15, -0.1) is 0 Å². The van der Waals surface area contributed by atoms with Crippen molar-refractivity contribution in [3.8, 4) is 5.75 Å². The van der Waals surface area contributed by atoms with Gasteiger partial charge in [-0.3, -0.25) is 14.5 Å². The number of ketones is 1. The number of nitrogens with zero attached hydrogens (tertiary/aromatic N) is 3. The number of aliphatic hydroxyl groups excluding tert-OH is 1. The van der Waals surface area contributed by atoms with E-state index in [1.807, 2.05) is 106 Å². The van der Waals surface area contributed by atoms with Crippen molar-refractivity contribution < 1.29 is 19.4 Å². The van der Waals surface area contributed by atoms with Gasteiger partial charge >= 0.3 is 0 Å². The predicted molar refractivity (Wildman–Crippen MR) is 153 cm³/mol. The molecule has 1 unspecified atom stereocenters. The number of hydrogen-bond donors (Lipinski definition) is 1. The van der Waals surface area contributed by atoms with Gasteiger partial charge in [-0.25, -0.2) is 0 Å². The first-order valence-electron chi connectivity index (χ1n) is 12.6. The van der Waals surface area contributed by atoms with Gasteiger partial charge in [0, 0.05) is 50.8 Å². The molecule has 1 atom stereocenters. The molecule has 7 heteroatoms. The first kappa shape index (κ1) is 26.8. The van der Waals surface area contributed by atoms with E-state index in [0.29, 0.717) is 17.0 Å². The van der Waals surface area contributed by atoms with Crippen LogP contribution in [0, 0.1) is 0 Å². The van der Waals surface area contributed by atoms with Crippen LogP contribution in [0.5, 0.6) is 5.75 Å². The van der Waals surface area contributed by atoms with E-state index in [2.05, 4.69) is 0 Å². The molecular weight excluding hydrogens is 478 g/mol. The Morgan fingerprint density at radius 1 is 0.868 bits per heavy atom. The van der Waals surface area contributed by atoms with Crippen LogP contribution in [-0.4, -0.2) is 52.1 Å². The van der Waals surface area contributed by atoms with Gasteiger partial charge < -0.3 is 19.6 Å². The monoisotopic (exact) mass is 513 g/mol. The van der Waals surface area contributed by atoms with Gasteiger partial charge in [0.15, 0.2) is 0 Å². The van der Waals surface area contributed by atoms with Crippen LogP contribution in [-0.2, 0) is 9.59 Å². The quantitative estimate of drug-likeness (QED) is 0.253. The topological polar surface area (TPSA) is 73.3 Å². The van der Waals surface area contributed by atoms with Gasteiger partial charge in [0.25, 0.3) is 11.7 Å². The van der Waals surface area contributed by atoms with Crippen molar-refractivity contribution in [2.24, 2.45) is 0 Å². The Labute approximate surface area is 224 Å². The molecule has 4 rings (SSSR count). The minimum absolute atomic E-state index is 0.0594. The van der Waals surface area contributed by atoms with Crippen LogP contribution in [0.2, 0.25) is 0 Å². The third-order valence-corrected chi connectivity index (χ3v) is 6.94. The summed E-state index contributed by atoms with van der Waals surface area (Å²) in [6.07, 6.45) is 0. The van der Waals surface area contributed by atoms with Crippen LogP contribution in [0.1, 0.15) is 42.5 Å². The number of amides is 1. The van der Waals surface area contributed by atoms with Crippen molar-refractivity contribution >= 4 is 34.5 Å². The van der Waals surface area contributed by atoms with Crippen LogP contribution < -0.4 is 19.4 Å². The molecule has 0 radical (unpaired) electrons. The number of methoxy groups -OCH3 is 1. The number of ether oxygens (including phenoxy) is 1. The second kappa shape index (κ2) is 10.6. The molecule has 0 aliphatic carbocycles. The van der Waals surface area contributed by atoms with E-state index < -0.39 is 17.7 Å². The zero-order chi connectivity index (χ0) is 27.7. The lowest BCUT2D eigenvalue weighted by molar-refractivity contribution is -0.132. The standard InChI is InChI=1S/C31H35N3O4/c1-19(2)25-18-21(10-17-26(25)38-7)29(35)27-28(20-8-11-22(12-9-20)32(3)4)34(31(37)30(27)36)24-15-13-23(14-16-24)33(5)6/h8-19,28,35H,1-7H3/b29-27-. The summed E-state index contributed by atoms with van der Waals surface area (Å²) in [7, 11) is 9.37. The molecule has 1 saturated heterocycles. The maximum atomic E-state index is 13.5. The summed E-state index contributed by atoms with van der Waals surface area (Å²) in [6.45, 7) is 4.06. The lowest BCUT2D eigenvalue weighted by Gasteiger charge is -2.26. The number of Topliss-reactive ketones (excluding diaryl/α,β-unsaturated/α-hetero) is 1. The molecule has 1 aliphatic heterocycles. The van der Waals surface area contributed by atoms with E-state index in [1.54, 1.807) is 19.2 Å². The summed E-state index contributed by atoms with van der Waals surface area (Å²) in [5.41, 5.74) is 4.68. The smallest absolute Gasteiger partial charge is 0.300 e. The lowest BCUT2D eigenvalue weighted by atomic mass is 9.93. The molecule has 1 fully saturated rings. The van der Waals surface area contributed by atoms with Gasteiger partial charge in [-0.05, 0) is 71.6 Å². The molecule has 0 aromatic heterocycles. The molecule has 198 valence electrons. The fraction of sp³-hybridized carbons (Fsp3) is 0.290. The van der Waals surface area contributed by atoms with Crippen LogP contribution in [0.15, 0.2) is 72.3 Å². The summed E-state index contributed by atoms with van der Waals surface area (Å²) >= 11 is 0. The molecule has 7 nitrogen and oxygen atoms in total. The highest BCUT2D eigenvalue weighted by Crippen LogP contribution is 2.43. The Morgan fingerprint density at radius 2 is 1.42 bits per heavy atom. The second-order valence-corrected chi connectivity index (χ2v) is 10.2. The van der Waals surface area contributed by atoms with Crippen molar-refractivity contribution in [2.45, 2.75) is 25.8 Å². The van der Waals surface area contributed by atoms with Gasteiger partial charge in [0.1, 0.15) is 11.5 Å². The van der Waals surface area contributed by atoms with Crippen LogP contribution in [0.4, 0.5) is 17.1 Å². The minimum Gasteiger partial charge on any atom is -0.507 e. The number of anilines is 3. The third kappa shape index (κ3) is 4.84. The fourth-order valence-electron chi connectivity index (χ4n) is 4.77. The van der Waals surface area contributed by atoms with Crippen LogP contribution >= 0.6 is 0 Å². The Hall–Kier alpha value is -4.26. The normalized spacial score (nSPS) is 16.7. The molecule has 0 spiro atoms. The molecule has 3 aromatic rings. The SMILES string of the molecule is COc1ccc(/C(O)=C2/C(=O)C(=O)N(c3ccc(N(C)C)cc3)C2c2ccc(N(C)C)cc2)cc1C(C)C. The van der Waals surface area contributed by atoms with Gasteiger partial charge in [0.05, 0.1) is 18.7 Å². The van der Waals surface area contributed by atoms with Crippen molar-refractivity contribution in [3.63, 3.8) is 0 Å². The zero-order valence-electron chi connectivity index (χ0n) is 23.0. The molecule has 0 bridgehead atoms. The summed E-state index contributed by atoms with van der Waals surface area (Å²) < 4.78 is 5.49. The van der Waals surface area contributed by atoms with E-state index in [4.69, 9.17) is 4.74 Å². The summed E-state index contributed by atoms with van der Waals surface area (Å²) in [5, 5.41) is 11.6. The van der Waals surface area contributed by atoms with E-state index in [0.717, 1.165) is 22.5 Å². The fourth-order valence-corrected chi connectivity index (χ4v) is 4.77. The van der Waals surface area contributed by atoms with E-state index in [1.165, 1.54) is 4.90 Å². The van der Waals surface area contributed by atoms with E-state index in [9.17, 15) is 14.7 Å². The number of carbonyl (C=O) groups is 2. The zero-order valence-corrected chi connectivity index (χ0v) is 23.0. The maximum absolute atomic E-state index is 13.5.